The van der Waals surface area contributed by atoms with E-state index in [2.05, 4.69) is 25.0 Å². The molecule has 1 amide bonds. The molecule has 0 aliphatic carbocycles. The number of ether oxygens (including phenoxy) is 2. The largest absolute Gasteiger partial charge is 0.461 e. The van der Waals surface area contributed by atoms with Crippen LogP contribution in [0.2, 0.25) is 0 Å². The fourth-order valence-electron chi connectivity index (χ4n) is 1.26. The highest BCUT2D eigenvalue weighted by Gasteiger charge is 2.22. The molecule has 0 atom stereocenters. The summed E-state index contributed by atoms with van der Waals surface area (Å²) >= 11 is 1.01. The minimum atomic E-state index is -1.02. The predicted molar refractivity (Wildman–Crippen MR) is 77.6 cm³/mol. The van der Waals surface area contributed by atoms with Gasteiger partial charge in [-0.2, -0.15) is 0 Å². The Morgan fingerprint density at radius 2 is 1.86 bits per heavy atom. The Morgan fingerprint density at radius 3 is 2.45 bits per heavy atom. The van der Waals surface area contributed by atoms with E-state index in [1.165, 1.54) is 12.5 Å². The highest BCUT2D eigenvalue weighted by atomic mass is 32.1. The molecule has 0 unspecified atom stereocenters. The number of oxime groups is 1. The van der Waals surface area contributed by atoms with Gasteiger partial charge in [0.05, 0.1) is 13.2 Å². The molecule has 1 aromatic rings. The highest BCUT2D eigenvalue weighted by molar-refractivity contribution is 7.14. The molecule has 10 heteroatoms. The van der Waals surface area contributed by atoms with Gasteiger partial charge in [-0.3, -0.25) is 10.1 Å². The van der Waals surface area contributed by atoms with E-state index in [9.17, 15) is 14.4 Å². The maximum atomic E-state index is 11.7. The van der Waals surface area contributed by atoms with Crippen LogP contribution in [0, 0.1) is 0 Å². The zero-order chi connectivity index (χ0) is 16.5. The van der Waals surface area contributed by atoms with Crippen molar-refractivity contribution in [2.24, 2.45) is 5.16 Å². The first-order chi connectivity index (χ1) is 10.5. The van der Waals surface area contributed by atoms with Gasteiger partial charge in [-0.15, -0.1) is 11.3 Å². The number of aromatic nitrogens is 1. The Bertz CT molecular complexity index is 583. The number of carbonyl (C=O) groups is 3. The Hall–Kier alpha value is -2.49. The van der Waals surface area contributed by atoms with Crippen molar-refractivity contribution < 1.29 is 28.7 Å². The molecule has 0 aliphatic heterocycles. The summed E-state index contributed by atoms with van der Waals surface area (Å²) in [5.74, 6) is -2.68. The van der Waals surface area contributed by atoms with Gasteiger partial charge in [0.15, 0.2) is 5.13 Å². The minimum Gasteiger partial charge on any atom is -0.461 e. The first-order valence-electron chi connectivity index (χ1n) is 6.25. The standard InChI is InChI=1S/C12H15N3O6S/c1-4-20-10(17)8(15-19-3)7-6-22-12(13-7)14-9(16)11(18)21-5-2/h6H,4-5H2,1-3H3,(H,13,14,16). The van der Waals surface area contributed by atoms with Crippen LogP contribution in [-0.2, 0) is 28.7 Å². The number of nitrogens with one attached hydrogen (secondary N) is 1. The summed E-state index contributed by atoms with van der Waals surface area (Å²) in [6, 6.07) is 0. The number of thiazole rings is 1. The van der Waals surface area contributed by atoms with Crippen LogP contribution in [0.1, 0.15) is 19.5 Å². The van der Waals surface area contributed by atoms with Crippen LogP contribution in [0.4, 0.5) is 5.13 Å². The molecule has 0 bridgehead atoms. The van der Waals surface area contributed by atoms with Gasteiger partial charge in [0.25, 0.3) is 0 Å². The molecule has 0 saturated heterocycles. The van der Waals surface area contributed by atoms with Crippen LogP contribution in [0.25, 0.3) is 0 Å². The van der Waals surface area contributed by atoms with Crippen molar-refractivity contribution in [2.75, 3.05) is 25.6 Å². The monoisotopic (exact) mass is 329 g/mol. The molecule has 1 aromatic heterocycles. The Kier molecular flexibility index (Phi) is 6.96. The first kappa shape index (κ1) is 17.6. The van der Waals surface area contributed by atoms with Gasteiger partial charge < -0.3 is 14.3 Å². The number of hydrogen-bond acceptors (Lipinski definition) is 9. The lowest BCUT2D eigenvalue weighted by molar-refractivity contribution is -0.152. The van der Waals surface area contributed by atoms with E-state index in [4.69, 9.17) is 4.74 Å². The number of rotatable bonds is 6. The number of amides is 1. The Balaban J connectivity index is 2.85. The molecule has 0 saturated carbocycles. The minimum absolute atomic E-state index is 0.0862. The lowest BCUT2D eigenvalue weighted by Crippen LogP contribution is -2.25. The summed E-state index contributed by atoms with van der Waals surface area (Å²) in [5, 5.41) is 7.39. The summed E-state index contributed by atoms with van der Waals surface area (Å²) in [7, 11) is 1.27. The van der Waals surface area contributed by atoms with Crippen molar-refractivity contribution in [2.45, 2.75) is 13.8 Å². The van der Waals surface area contributed by atoms with Crippen LogP contribution in [0.5, 0.6) is 0 Å². The van der Waals surface area contributed by atoms with Crippen LogP contribution in [0.15, 0.2) is 10.5 Å². The molecule has 0 spiro atoms. The maximum absolute atomic E-state index is 11.7. The fraction of sp³-hybridized carbons (Fsp3) is 0.417. The van der Waals surface area contributed by atoms with Gasteiger partial charge >= 0.3 is 17.8 Å². The molecule has 0 aliphatic rings. The quantitative estimate of drug-likeness (QED) is 0.351. The second kappa shape index (κ2) is 8.72. The second-order valence-corrected chi connectivity index (χ2v) is 4.41. The van der Waals surface area contributed by atoms with Gasteiger partial charge in [-0.05, 0) is 13.8 Å². The average molecular weight is 329 g/mol. The molecular weight excluding hydrogens is 314 g/mol. The zero-order valence-electron chi connectivity index (χ0n) is 12.2. The molecule has 1 rings (SSSR count). The number of hydrogen-bond donors (Lipinski definition) is 1. The van der Waals surface area contributed by atoms with Crippen molar-refractivity contribution in [1.29, 1.82) is 0 Å². The molecule has 0 radical (unpaired) electrons. The Labute approximate surface area is 130 Å². The van der Waals surface area contributed by atoms with E-state index in [1.54, 1.807) is 13.8 Å². The van der Waals surface area contributed by atoms with Crippen molar-refractivity contribution >= 4 is 40.0 Å². The number of anilines is 1. The maximum Gasteiger partial charge on any atom is 0.397 e. The lowest BCUT2D eigenvalue weighted by Gasteiger charge is -2.02. The van der Waals surface area contributed by atoms with Crippen LogP contribution < -0.4 is 5.32 Å². The summed E-state index contributed by atoms with van der Waals surface area (Å²) in [6.45, 7) is 3.48. The third-order valence-corrected chi connectivity index (χ3v) is 2.84. The molecular formula is C12H15N3O6S. The number of esters is 2. The summed E-state index contributed by atoms with van der Waals surface area (Å²) in [5.41, 5.74) is 0.0155. The molecule has 22 heavy (non-hydrogen) atoms. The van der Waals surface area contributed by atoms with E-state index >= 15 is 0 Å². The van der Waals surface area contributed by atoms with Gasteiger partial charge in [0.2, 0.25) is 5.71 Å². The van der Waals surface area contributed by atoms with Gasteiger partial charge in [0, 0.05) is 5.38 Å². The SMILES string of the molecule is CCOC(=O)C(=O)Nc1nc(C(=NOC)C(=O)OCC)cs1. The molecule has 1 N–H and O–H groups in total. The highest BCUT2D eigenvalue weighted by Crippen LogP contribution is 2.17. The molecule has 9 nitrogen and oxygen atoms in total. The predicted octanol–water partition coefficient (Wildman–Crippen LogP) is 0.558. The summed E-state index contributed by atoms with van der Waals surface area (Å²) < 4.78 is 9.37. The molecule has 1 heterocycles. The van der Waals surface area contributed by atoms with Gasteiger partial charge in [0.1, 0.15) is 12.8 Å². The first-order valence-corrected chi connectivity index (χ1v) is 7.13. The number of carbonyl (C=O) groups excluding carboxylic acids is 3. The van der Waals surface area contributed by atoms with Crippen molar-refractivity contribution in [3.63, 3.8) is 0 Å². The summed E-state index contributed by atoms with van der Waals surface area (Å²) in [4.78, 5) is 43.0. The van der Waals surface area contributed by atoms with Crippen LogP contribution in [0.3, 0.4) is 0 Å². The Morgan fingerprint density at radius 1 is 1.23 bits per heavy atom. The van der Waals surface area contributed by atoms with E-state index in [1.807, 2.05) is 0 Å². The van der Waals surface area contributed by atoms with E-state index in [-0.39, 0.29) is 29.8 Å². The lowest BCUT2D eigenvalue weighted by atomic mass is 10.3. The molecule has 0 aromatic carbocycles. The van der Waals surface area contributed by atoms with Gasteiger partial charge in [-0.25, -0.2) is 14.6 Å². The second-order valence-electron chi connectivity index (χ2n) is 3.56. The van der Waals surface area contributed by atoms with Crippen molar-refractivity contribution in [1.82, 2.24) is 4.98 Å². The number of nitrogens with zero attached hydrogens (tertiary/aromatic N) is 2. The third-order valence-electron chi connectivity index (χ3n) is 2.08. The van der Waals surface area contributed by atoms with Crippen LogP contribution >= 0.6 is 11.3 Å². The normalized spacial score (nSPS) is 10.8. The topological polar surface area (TPSA) is 116 Å². The van der Waals surface area contributed by atoms with Gasteiger partial charge in [-0.1, -0.05) is 5.16 Å². The van der Waals surface area contributed by atoms with E-state index in [0.29, 0.717) is 0 Å². The summed E-state index contributed by atoms with van der Waals surface area (Å²) in [6.07, 6.45) is 0. The smallest absolute Gasteiger partial charge is 0.397 e. The molecule has 120 valence electrons. The van der Waals surface area contributed by atoms with Crippen molar-refractivity contribution in [3.8, 4) is 0 Å². The average Bonchev–Trinajstić information content (AvgIpc) is 2.93. The van der Waals surface area contributed by atoms with Crippen molar-refractivity contribution in [3.05, 3.63) is 11.1 Å². The third kappa shape index (κ3) is 4.81. The zero-order valence-corrected chi connectivity index (χ0v) is 13.1. The van der Waals surface area contributed by atoms with Crippen LogP contribution in [-0.4, -0.2) is 48.9 Å². The molecule has 0 fully saturated rings. The fourth-order valence-corrected chi connectivity index (χ4v) is 1.95. The van der Waals surface area contributed by atoms with E-state index < -0.39 is 17.8 Å². The van der Waals surface area contributed by atoms with E-state index in [0.717, 1.165) is 11.3 Å².